The first-order valence-corrected chi connectivity index (χ1v) is 10.5. The largest absolute Gasteiger partial charge is 0.459 e. The summed E-state index contributed by atoms with van der Waals surface area (Å²) >= 11 is 0. The normalized spacial score (nSPS) is 34.0. The first kappa shape index (κ1) is 18.6. The lowest BCUT2D eigenvalue weighted by molar-refractivity contribution is -0.145. The van der Waals surface area contributed by atoms with Gasteiger partial charge in [0.05, 0.1) is 24.3 Å². The molecule has 0 bridgehead atoms. The van der Waals surface area contributed by atoms with Crippen LogP contribution in [-0.4, -0.2) is 38.8 Å². The number of epoxide rings is 1. The molecule has 2 fully saturated rings. The fourth-order valence-corrected chi connectivity index (χ4v) is 4.88. The van der Waals surface area contributed by atoms with Crippen LogP contribution in [0, 0.1) is 11.8 Å². The zero-order valence-corrected chi connectivity index (χ0v) is 17.0. The van der Waals surface area contributed by atoms with Gasteiger partial charge >= 0.3 is 5.97 Å². The average molecular weight is 393 g/mol. The number of aromatic nitrogens is 3. The maximum atomic E-state index is 12.8. The SMILES string of the molecule is CC1=CCC[C@@]2(C)O[C@@H]2[C@H]2OC(=O)[C@@H](Cn3cc(-c4ccccc4)nn3)[C@@H]2CC1. The Hall–Kier alpha value is -2.47. The molecule has 0 spiro atoms. The van der Waals surface area contributed by atoms with Crippen molar-refractivity contribution in [1.82, 2.24) is 15.0 Å². The maximum Gasteiger partial charge on any atom is 0.311 e. The quantitative estimate of drug-likeness (QED) is 0.451. The molecule has 3 aliphatic rings. The first-order chi connectivity index (χ1) is 14.0. The van der Waals surface area contributed by atoms with E-state index in [9.17, 15) is 4.79 Å². The molecule has 1 aromatic carbocycles. The number of esters is 1. The molecule has 0 N–H and O–H groups in total. The topological polar surface area (TPSA) is 69.5 Å². The van der Waals surface area contributed by atoms with Gasteiger partial charge in [-0.3, -0.25) is 9.48 Å². The molecule has 0 saturated carbocycles. The van der Waals surface area contributed by atoms with Gasteiger partial charge in [-0.25, -0.2) is 0 Å². The van der Waals surface area contributed by atoms with Crippen molar-refractivity contribution in [2.45, 2.75) is 63.9 Å². The standard InChI is InChI=1S/C23H27N3O3/c1-15-7-6-12-23(2)21(29-23)20-17(11-10-15)18(22(27)28-20)13-26-14-19(24-25-26)16-8-4-3-5-9-16/h3-5,7-9,14,17-18,20-21H,6,10-13H2,1-2H3/t17-,18-,20-,21+,23+/m0/s1. The lowest BCUT2D eigenvalue weighted by atomic mass is 9.80. The number of fused-ring (bicyclic) bond motifs is 3. The predicted octanol–water partition coefficient (Wildman–Crippen LogP) is 3.78. The van der Waals surface area contributed by atoms with E-state index < -0.39 is 0 Å². The number of benzene rings is 1. The van der Waals surface area contributed by atoms with Crippen LogP contribution >= 0.6 is 0 Å². The van der Waals surface area contributed by atoms with E-state index in [1.165, 1.54) is 5.57 Å². The summed E-state index contributed by atoms with van der Waals surface area (Å²) in [6.45, 7) is 4.82. The van der Waals surface area contributed by atoms with Gasteiger partial charge in [0.2, 0.25) is 0 Å². The second-order valence-electron chi connectivity index (χ2n) is 8.84. The molecule has 6 nitrogen and oxygen atoms in total. The number of carbonyl (C=O) groups excluding carboxylic acids is 1. The van der Waals surface area contributed by atoms with Gasteiger partial charge in [-0.15, -0.1) is 5.10 Å². The summed E-state index contributed by atoms with van der Waals surface area (Å²) < 4.78 is 13.7. The molecule has 2 aromatic rings. The summed E-state index contributed by atoms with van der Waals surface area (Å²) in [6, 6.07) is 9.96. The second kappa shape index (κ2) is 7.10. The van der Waals surface area contributed by atoms with E-state index in [0.717, 1.165) is 36.9 Å². The number of carbonyl (C=O) groups is 1. The number of ether oxygens (including phenoxy) is 2. The van der Waals surface area contributed by atoms with Gasteiger partial charge in [-0.1, -0.05) is 47.2 Å². The van der Waals surface area contributed by atoms with Crippen molar-refractivity contribution in [3.8, 4) is 11.3 Å². The Labute approximate surface area is 170 Å². The zero-order chi connectivity index (χ0) is 20.0. The minimum absolute atomic E-state index is 0.0175. The van der Waals surface area contributed by atoms with Crippen LogP contribution in [0.1, 0.15) is 39.5 Å². The number of nitrogens with zero attached hydrogens (tertiary/aromatic N) is 3. The summed E-state index contributed by atoms with van der Waals surface area (Å²) in [5.41, 5.74) is 3.06. The van der Waals surface area contributed by atoms with Gasteiger partial charge in [0.25, 0.3) is 0 Å². The molecular formula is C23H27N3O3. The van der Waals surface area contributed by atoms with Crippen LogP contribution in [0.25, 0.3) is 11.3 Å². The van der Waals surface area contributed by atoms with Crippen molar-refractivity contribution in [3.63, 3.8) is 0 Å². The highest BCUT2D eigenvalue weighted by Crippen LogP contribution is 2.50. The van der Waals surface area contributed by atoms with Gasteiger partial charge in [0.15, 0.2) is 0 Å². The second-order valence-corrected chi connectivity index (χ2v) is 8.84. The molecular weight excluding hydrogens is 366 g/mol. The lowest BCUT2D eigenvalue weighted by Gasteiger charge is -2.22. The molecule has 5 atom stereocenters. The Morgan fingerprint density at radius 3 is 2.93 bits per heavy atom. The average Bonchev–Trinajstić information content (AvgIpc) is 3.04. The van der Waals surface area contributed by atoms with E-state index in [-0.39, 0.29) is 35.6 Å². The Morgan fingerprint density at radius 1 is 1.28 bits per heavy atom. The third kappa shape index (κ3) is 3.50. The van der Waals surface area contributed by atoms with E-state index >= 15 is 0 Å². The van der Waals surface area contributed by atoms with Crippen molar-refractivity contribution >= 4 is 5.97 Å². The van der Waals surface area contributed by atoms with Gasteiger partial charge in [-0.05, 0) is 39.5 Å². The van der Waals surface area contributed by atoms with Crippen LogP contribution in [0.4, 0.5) is 0 Å². The maximum absolute atomic E-state index is 12.8. The van der Waals surface area contributed by atoms with Gasteiger partial charge in [0, 0.05) is 11.5 Å². The van der Waals surface area contributed by atoms with Crippen molar-refractivity contribution in [3.05, 3.63) is 48.2 Å². The van der Waals surface area contributed by atoms with E-state index in [1.807, 2.05) is 36.5 Å². The monoisotopic (exact) mass is 393 g/mol. The highest BCUT2D eigenvalue weighted by Gasteiger charge is 2.62. The molecule has 3 heterocycles. The molecule has 152 valence electrons. The fourth-order valence-electron chi connectivity index (χ4n) is 4.88. The Balaban J connectivity index is 1.37. The fraction of sp³-hybridized carbons (Fsp3) is 0.522. The van der Waals surface area contributed by atoms with Gasteiger partial charge in [-0.2, -0.15) is 0 Å². The van der Waals surface area contributed by atoms with Gasteiger partial charge < -0.3 is 9.47 Å². The van der Waals surface area contributed by atoms with E-state index in [0.29, 0.717) is 6.54 Å². The molecule has 0 unspecified atom stereocenters. The molecule has 1 aliphatic carbocycles. The molecule has 6 heteroatoms. The third-order valence-electron chi connectivity index (χ3n) is 6.73. The minimum atomic E-state index is -0.217. The number of rotatable bonds is 3. The van der Waals surface area contributed by atoms with Crippen molar-refractivity contribution in [1.29, 1.82) is 0 Å². The Kier molecular flexibility index (Phi) is 4.54. The lowest BCUT2D eigenvalue weighted by Crippen LogP contribution is -2.31. The first-order valence-electron chi connectivity index (χ1n) is 10.5. The third-order valence-corrected chi connectivity index (χ3v) is 6.73. The van der Waals surface area contributed by atoms with Crippen molar-refractivity contribution in [2.75, 3.05) is 0 Å². The zero-order valence-electron chi connectivity index (χ0n) is 17.0. The van der Waals surface area contributed by atoms with Crippen LogP contribution in [0.5, 0.6) is 0 Å². The summed E-state index contributed by atoms with van der Waals surface area (Å²) in [4.78, 5) is 12.8. The Bertz CT molecular complexity index is 938. The molecule has 2 aliphatic heterocycles. The van der Waals surface area contributed by atoms with E-state index in [4.69, 9.17) is 9.47 Å². The smallest absolute Gasteiger partial charge is 0.311 e. The van der Waals surface area contributed by atoms with Crippen molar-refractivity contribution < 1.29 is 14.3 Å². The summed E-state index contributed by atoms with van der Waals surface area (Å²) in [7, 11) is 0. The molecule has 0 radical (unpaired) electrons. The van der Waals surface area contributed by atoms with Crippen LogP contribution in [0.15, 0.2) is 48.2 Å². The van der Waals surface area contributed by atoms with Crippen LogP contribution in [0.3, 0.4) is 0 Å². The number of hydrogen-bond donors (Lipinski definition) is 0. The molecule has 1 aromatic heterocycles. The summed E-state index contributed by atoms with van der Waals surface area (Å²) in [5, 5.41) is 8.57. The van der Waals surface area contributed by atoms with Crippen LogP contribution in [-0.2, 0) is 20.8 Å². The van der Waals surface area contributed by atoms with Gasteiger partial charge in [0.1, 0.15) is 17.9 Å². The Morgan fingerprint density at radius 2 is 2.10 bits per heavy atom. The number of hydrogen-bond acceptors (Lipinski definition) is 5. The highest BCUT2D eigenvalue weighted by molar-refractivity contribution is 5.75. The number of allylic oxidation sites excluding steroid dienone is 2. The minimum Gasteiger partial charge on any atom is -0.459 e. The summed E-state index contributed by atoms with van der Waals surface area (Å²) in [6.07, 6.45) is 8.02. The summed E-state index contributed by atoms with van der Waals surface area (Å²) in [5.74, 6) is -0.207. The van der Waals surface area contributed by atoms with Crippen molar-refractivity contribution in [2.24, 2.45) is 11.8 Å². The molecule has 0 amide bonds. The van der Waals surface area contributed by atoms with Crippen LogP contribution < -0.4 is 0 Å². The van der Waals surface area contributed by atoms with Crippen LogP contribution in [0.2, 0.25) is 0 Å². The predicted molar refractivity (Wildman–Crippen MR) is 108 cm³/mol. The highest BCUT2D eigenvalue weighted by atomic mass is 16.6. The molecule has 5 rings (SSSR count). The van der Waals surface area contributed by atoms with E-state index in [1.54, 1.807) is 4.68 Å². The molecule has 29 heavy (non-hydrogen) atoms. The molecule has 2 saturated heterocycles. The van der Waals surface area contributed by atoms with E-state index in [2.05, 4.69) is 30.2 Å².